The summed E-state index contributed by atoms with van der Waals surface area (Å²) < 4.78 is 9.85. The quantitative estimate of drug-likeness (QED) is 0.479. The van der Waals surface area contributed by atoms with Gasteiger partial charge in [-0.25, -0.2) is 0 Å². The van der Waals surface area contributed by atoms with Gasteiger partial charge in [-0.1, -0.05) is 0 Å². The summed E-state index contributed by atoms with van der Waals surface area (Å²) in [6.07, 6.45) is 2.74. The van der Waals surface area contributed by atoms with Crippen molar-refractivity contribution in [2.75, 3.05) is 0 Å². The van der Waals surface area contributed by atoms with Crippen LogP contribution in [-0.4, -0.2) is 23.9 Å². The summed E-state index contributed by atoms with van der Waals surface area (Å²) in [5.41, 5.74) is 0. The Morgan fingerprint density at radius 1 is 0.565 bits per heavy atom. The van der Waals surface area contributed by atoms with Crippen molar-refractivity contribution in [3.05, 3.63) is 0 Å². The number of cyclic esters (lactones) is 4. The van der Waals surface area contributed by atoms with Crippen molar-refractivity contribution in [2.45, 2.75) is 19.3 Å². The van der Waals surface area contributed by atoms with E-state index in [1.807, 2.05) is 0 Å². The van der Waals surface area contributed by atoms with E-state index < -0.39 is 0 Å². The predicted molar refractivity (Wildman–Crippen MR) is 70.9 cm³/mol. The van der Waals surface area contributed by atoms with E-state index in [-0.39, 0.29) is 83.1 Å². The number of hydrogen-bond donors (Lipinski definition) is 0. The van der Waals surface area contributed by atoms with Crippen molar-refractivity contribution in [2.24, 2.45) is 59.2 Å². The molecule has 0 spiro atoms. The summed E-state index contributed by atoms with van der Waals surface area (Å²) in [5, 5.41) is 0. The first-order valence-corrected chi connectivity index (χ1v) is 8.59. The minimum absolute atomic E-state index is 0.133. The lowest BCUT2D eigenvalue weighted by molar-refractivity contribution is -0.155. The van der Waals surface area contributed by atoms with Gasteiger partial charge in [0.15, 0.2) is 0 Å². The fourth-order valence-electron chi connectivity index (χ4n) is 7.61. The van der Waals surface area contributed by atoms with Crippen LogP contribution in [0.3, 0.4) is 0 Å². The summed E-state index contributed by atoms with van der Waals surface area (Å²) in [5.74, 6) is -1.59. The lowest BCUT2D eigenvalue weighted by Crippen LogP contribution is -2.56. The molecule has 0 aromatic rings. The van der Waals surface area contributed by atoms with E-state index in [1.165, 1.54) is 0 Å². The van der Waals surface area contributed by atoms with Crippen molar-refractivity contribution in [1.29, 1.82) is 0 Å². The number of ether oxygens (including phenoxy) is 2. The minimum atomic E-state index is -0.367. The summed E-state index contributed by atoms with van der Waals surface area (Å²) >= 11 is 0. The molecule has 7 aliphatic rings. The Hall–Kier alpha value is -1.72. The second-order valence-electron chi connectivity index (χ2n) is 8.21. The van der Waals surface area contributed by atoms with Crippen molar-refractivity contribution in [3.63, 3.8) is 0 Å². The predicted octanol–water partition coefficient (Wildman–Crippen LogP) is 0.540. The Morgan fingerprint density at radius 3 is 1.30 bits per heavy atom. The second kappa shape index (κ2) is 3.68. The molecule has 0 aromatic carbocycles. The molecule has 7 rings (SSSR count). The van der Waals surface area contributed by atoms with Crippen molar-refractivity contribution in [1.82, 2.24) is 0 Å². The molecule has 23 heavy (non-hydrogen) atoms. The number of hydrogen-bond acceptors (Lipinski definition) is 6. The Kier molecular flexibility index (Phi) is 2.03. The molecular formula is C17H16O6. The first-order chi connectivity index (χ1) is 11.1. The van der Waals surface area contributed by atoms with E-state index in [1.54, 1.807) is 0 Å². The summed E-state index contributed by atoms with van der Waals surface area (Å²) in [6.45, 7) is 0. The smallest absolute Gasteiger partial charge is 0.317 e. The maximum absolute atomic E-state index is 12.2. The van der Waals surface area contributed by atoms with E-state index in [0.29, 0.717) is 0 Å². The molecule has 10 unspecified atom stereocenters. The summed E-state index contributed by atoms with van der Waals surface area (Å²) in [4.78, 5) is 48.5. The highest BCUT2D eigenvalue weighted by Crippen LogP contribution is 2.72. The van der Waals surface area contributed by atoms with Crippen LogP contribution in [0.5, 0.6) is 0 Å². The average Bonchev–Trinajstić information content (AvgIpc) is 3.24. The van der Waals surface area contributed by atoms with Gasteiger partial charge in [-0.05, 0) is 54.8 Å². The molecule has 10 atom stereocenters. The van der Waals surface area contributed by atoms with Gasteiger partial charge in [0.05, 0.1) is 23.7 Å². The lowest BCUT2D eigenvalue weighted by Gasteiger charge is -2.55. The van der Waals surface area contributed by atoms with Gasteiger partial charge >= 0.3 is 23.9 Å². The zero-order valence-corrected chi connectivity index (χ0v) is 12.3. The van der Waals surface area contributed by atoms with Gasteiger partial charge in [-0.2, -0.15) is 0 Å². The second-order valence-corrected chi connectivity index (χ2v) is 8.21. The Bertz CT molecular complexity index is 641. The zero-order chi connectivity index (χ0) is 15.6. The molecule has 2 saturated heterocycles. The van der Waals surface area contributed by atoms with Crippen molar-refractivity contribution in [3.8, 4) is 0 Å². The fraction of sp³-hybridized carbons (Fsp3) is 0.765. The van der Waals surface area contributed by atoms with Crippen LogP contribution in [0.2, 0.25) is 0 Å². The summed E-state index contributed by atoms with van der Waals surface area (Å²) in [7, 11) is 0. The normalized spacial score (nSPS) is 58.1. The molecule has 5 saturated carbocycles. The Balaban J connectivity index is 1.47. The molecule has 0 amide bonds. The SMILES string of the molecule is O=C1OC(=O)C2C3CCC(C12)C1C2CC(C4C(=O)OC(=O)C24)C31. The fourth-order valence-corrected chi connectivity index (χ4v) is 7.61. The molecule has 4 bridgehead atoms. The van der Waals surface area contributed by atoms with Crippen LogP contribution in [0.15, 0.2) is 0 Å². The van der Waals surface area contributed by atoms with Crippen molar-refractivity contribution < 1.29 is 28.7 Å². The third-order valence-corrected chi connectivity index (χ3v) is 7.91. The van der Waals surface area contributed by atoms with Crippen LogP contribution < -0.4 is 0 Å². The van der Waals surface area contributed by atoms with Crippen LogP contribution in [0.25, 0.3) is 0 Å². The number of rotatable bonds is 0. The minimum Gasteiger partial charge on any atom is -0.393 e. The monoisotopic (exact) mass is 316 g/mol. The highest BCUT2D eigenvalue weighted by molar-refractivity contribution is 5.99. The van der Waals surface area contributed by atoms with Crippen LogP contribution >= 0.6 is 0 Å². The maximum Gasteiger partial charge on any atom is 0.317 e. The van der Waals surface area contributed by atoms with E-state index in [9.17, 15) is 19.2 Å². The number of carbonyl (C=O) groups is 4. The van der Waals surface area contributed by atoms with E-state index >= 15 is 0 Å². The van der Waals surface area contributed by atoms with Crippen LogP contribution in [0, 0.1) is 59.2 Å². The molecule has 6 heteroatoms. The largest absolute Gasteiger partial charge is 0.393 e. The Labute approximate surface area is 131 Å². The van der Waals surface area contributed by atoms with E-state index in [2.05, 4.69) is 0 Å². The van der Waals surface area contributed by atoms with Gasteiger partial charge in [-0.15, -0.1) is 0 Å². The molecule has 0 N–H and O–H groups in total. The van der Waals surface area contributed by atoms with Gasteiger partial charge in [0.2, 0.25) is 0 Å². The van der Waals surface area contributed by atoms with Gasteiger partial charge in [0, 0.05) is 0 Å². The number of esters is 4. The highest BCUT2D eigenvalue weighted by Gasteiger charge is 2.74. The molecule has 6 nitrogen and oxygen atoms in total. The standard InChI is InChI=1S/C17H16O6/c18-14-10-4-1-2-5(11(10)15(19)22-14)9-7-3-6(8(4)9)12-13(7)17(21)23-16(12)20/h4-13H,1-3H2. The van der Waals surface area contributed by atoms with Crippen LogP contribution in [0.4, 0.5) is 0 Å². The van der Waals surface area contributed by atoms with Gasteiger partial charge in [-0.3, -0.25) is 19.2 Å². The van der Waals surface area contributed by atoms with Crippen molar-refractivity contribution >= 4 is 23.9 Å². The lowest BCUT2D eigenvalue weighted by atomic mass is 9.46. The topological polar surface area (TPSA) is 86.7 Å². The molecular weight excluding hydrogens is 300 g/mol. The first kappa shape index (κ1) is 12.7. The molecule has 5 aliphatic carbocycles. The molecule has 120 valence electrons. The highest BCUT2D eigenvalue weighted by atomic mass is 16.6. The number of fused-ring (bicyclic) bond motifs is 6. The zero-order valence-electron chi connectivity index (χ0n) is 12.3. The third-order valence-electron chi connectivity index (χ3n) is 7.91. The maximum atomic E-state index is 12.2. The molecule has 7 fully saturated rings. The molecule has 0 radical (unpaired) electrons. The van der Waals surface area contributed by atoms with Crippen LogP contribution in [-0.2, 0) is 28.7 Å². The van der Waals surface area contributed by atoms with Gasteiger partial charge in [0.25, 0.3) is 0 Å². The number of carbonyl (C=O) groups excluding carboxylic acids is 4. The third kappa shape index (κ3) is 1.20. The molecule has 0 aromatic heterocycles. The first-order valence-electron chi connectivity index (χ1n) is 8.59. The van der Waals surface area contributed by atoms with Gasteiger partial charge < -0.3 is 9.47 Å². The summed E-state index contributed by atoms with van der Waals surface area (Å²) in [6, 6.07) is 0. The average molecular weight is 316 g/mol. The molecule has 2 heterocycles. The molecule has 2 aliphatic heterocycles. The Morgan fingerprint density at radius 2 is 0.913 bits per heavy atom. The van der Waals surface area contributed by atoms with Crippen LogP contribution in [0.1, 0.15) is 19.3 Å². The van der Waals surface area contributed by atoms with Gasteiger partial charge in [0.1, 0.15) is 0 Å². The van der Waals surface area contributed by atoms with E-state index in [4.69, 9.17) is 9.47 Å². The van der Waals surface area contributed by atoms with E-state index in [0.717, 1.165) is 19.3 Å².